The molecule has 0 aromatic rings. The van der Waals surface area contributed by atoms with Crippen molar-refractivity contribution in [3.63, 3.8) is 0 Å². The molecule has 0 radical (unpaired) electrons. The van der Waals surface area contributed by atoms with Gasteiger partial charge in [-0.3, -0.25) is 4.55 Å². The van der Waals surface area contributed by atoms with Crippen LogP contribution >= 0.6 is 0 Å². The Labute approximate surface area is 234 Å². The van der Waals surface area contributed by atoms with Crippen LogP contribution in [-0.2, 0) is 10.1 Å². The van der Waals surface area contributed by atoms with Gasteiger partial charge in [-0.05, 0) is 30.6 Å². The molecule has 0 saturated carbocycles. The molecule has 2 atom stereocenters. The van der Waals surface area contributed by atoms with Gasteiger partial charge in [0.05, 0.1) is 6.10 Å². The van der Waals surface area contributed by atoms with Crippen molar-refractivity contribution >= 4 is 10.1 Å². The van der Waals surface area contributed by atoms with Gasteiger partial charge in [0.25, 0.3) is 0 Å². The zero-order valence-electron chi connectivity index (χ0n) is 20.9. The zero-order chi connectivity index (χ0) is 22.3. The summed E-state index contributed by atoms with van der Waals surface area (Å²) in [5.41, 5.74) is 0.447. The molecule has 7 heteroatoms. The Morgan fingerprint density at radius 1 is 0.839 bits per heavy atom. The third kappa shape index (κ3) is 14.1. The maximum Gasteiger partial charge on any atom is 1.00 e. The van der Waals surface area contributed by atoms with Gasteiger partial charge in [-0.1, -0.05) is 109 Å². The summed E-state index contributed by atoms with van der Waals surface area (Å²) < 4.78 is 31.8. The molecule has 31 heavy (non-hydrogen) atoms. The average Bonchev–Trinajstić information content (AvgIpc) is 2.69. The van der Waals surface area contributed by atoms with Crippen LogP contribution < -0.4 is 51.4 Å². The van der Waals surface area contributed by atoms with E-state index >= 15 is 0 Å². The Balaban J connectivity index is 0. The molecule has 0 saturated heterocycles. The Hall–Kier alpha value is 0.946. The summed E-state index contributed by atoms with van der Waals surface area (Å²) in [4.78, 5) is -2.42. The topological polar surface area (TPSA) is 94.8 Å². The SMILES string of the molecule is CCCCCCCCCCCCCCCCCCC1=CC(O)(S(=O)(=O)O)C=CC1O.[H-].[K+]. The van der Waals surface area contributed by atoms with Gasteiger partial charge in [0.1, 0.15) is 0 Å². The van der Waals surface area contributed by atoms with E-state index in [0.29, 0.717) is 12.0 Å². The van der Waals surface area contributed by atoms with Gasteiger partial charge in [0.2, 0.25) is 4.93 Å². The first kappa shape index (κ1) is 31.9. The van der Waals surface area contributed by atoms with E-state index in [2.05, 4.69) is 6.92 Å². The summed E-state index contributed by atoms with van der Waals surface area (Å²) in [5, 5.41) is 20.0. The largest absolute Gasteiger partial charge is 1.00 e. The summed E-state index contributed by atoms with van der Waals surface area (Å²) in [6.45, 7) is 2.26. The van der Waals surface area contributed by atoms with Gasteiger partial charge in [-0.2, -0.15) is 8.42 Å². The van der Waals surface area contributed by atoms with Crippen molar-refractivity contribution in [2.45, 2.75) is 127 Å². The van der Waals surface area contributed by atoms with Crippen LogP contribution in [0.1, 0.15) is 118 Å². The van der Waals surface area contributed by atoms with E-state index in [1.165, 1.54) is 89.5 Å². The molecule has 1 aliphatic rings. The molecule has 2 unspecified atom stereocenters. The van der Waals surface area contributed by atoms with Crippen LogP contribution in [0.5, 0.6) is 0 Å². The Kier molecular flexibility index (Phi) is 18.9. The third-order valence-corrected chi connectivity index (χ3v) is 7.10. The predicted octanol–water partition coefficient (Wildman–Crippen LogP) is 3.19. The van der Waals surface area contributed by atoms with Crippen LogP contribution in [0.15, 0.2) is 23.8 Å². The Bertz CT molecular complexity index is 624. The fraction of sp³-hybridized carbons (Fsp3) is 0.833. The van der Waals surface area contributed by atoms with Crippen LogP contribution in [0, 0.1) is 0 Å². The van der Waals surface area contributed by atoms with Crippen molar-refractivity contribution in [1.29, 1.82) is 0 Å². The van der Waals surface area contributed by atoms with Crippen LogP contribution in [-0.4, -0.2) is 34.2 Å². The first-order valence-corrected chi connectivity index (χ1v) is 13.5. The molecular formula is C24H45KO5S. The first-order valence-electron chi connectivity index (χ1n) is 12.1. The van der Waals surface area contributed by atoms with Gasteiger partial charge < -0.3 is 11.6 Å². The quantitative estimate of drug-likeness (QED) is 0.120. The molecule has 178 valence electrons. The third-order valence-electron chi connectivity index (χ3n) is 6.02. The summed E-state index contributed by atoms with van der Waals surface area (Å²) in [7, 11) is -4.66. The van der Waals surface area contributed by atoms with Crippen molar-refractivity contribution < 1.29 is 76.0 Å². The van der Waals surface area contributed by atoms with E-state index < -0.39 is 21.2 Å². The van der Waals surface area contributed by atoms with Crippen LogP contribution in [0.2, 0.25) is 0 Å². The van der Waals surface area contributed by atoms with Crippen LogP contribution in [0.4, 0.5) is 0 Å². The number of hydrogen-bond donors (Lipinski definition) is 3. The minimum atomic E-state index is -4.66. The van der Waals surface area contributed by atoms with E-state index in [9.17, 15) is 18.6 Å². The van der Waals surface area contributed by atoms with E-state index in [-0.39, 0.29) is 52.8 Å². The van der Waals surface area contributed by atoms with Gasteiger partial charge in [0, 0.05) is 0 Å². The fourth-order valence-electron chi connectivity index (χ4n) is 4.01. The molecule has 0 aromatic carbocycles. The Morgan fingerprint density at radius 3 is 1.61 bits per heavy atom. The monoisotopic (exact) mass is 484 g/mol. The second-order valence-corrected chi connectivity index (χ2v) is 10.4. The molecule has 3 N–H and O–H groups in total. The summed E-state index contributed by atoms with van der Waals surface area (Å²) >= 11 is 0. The second-order valence-electron chi connectivity index (χ2n) is 8.80. The van der Waals surface area contributed by atoms with Gasteiger partial charge in [-0.25, -0.2) is 0 Å². The van der Waals surface area contributed by atoms with Crippen molar-refractivity contribution in [3.05, 3.63) is 23.8 Å². The summed E-state index contributed by atoms with van der Waals surface area (Å²) in [6, 6.07) is 0. The molecular weight excluding hydrogens is 439 g/mol. The zero-order valence-corrected chi connectivity index (χ0v) is 23.8. The molecule has 0 bridgehead atoms. The second kappa shape index (κ2) is 18.3. The van der Waals surface area contributed by atoms with E-state index in [1.54, 1.807) is 0 Å². The maximum absolute atomic E-state index is 11.3. The molecule has 0 aliphatic heterocycles. The molecule has 0 fully saturated rings. The number of aliphatic hydroxyl groups excluding tert-OH is 1. The number of hydrogen-bond acceptors (Lipinski definition) is 4. The molecule has 1 rings (SSSR count). The van der Waals surface area contributed by atoms with Gasteiger partial charge >= 0.3 is 61.5 Å². The standard InChI is InChI=1S/C24H44O5S.K.H/c1-2-3-4-5-6-7-8-9-10-11-12-13-14-15-16-17-18-22-21-24(26,30(27,28)29)20-19-23(22)25;;/h19-21,23,25-26H,2-18H2,1H3,(H,27,28,29);;/q;+1;-1. The van der Waals surface area contributed by atoms with Crippen molar-refractivity contribution in [2.24, 2.45) is 0 Å². The molecule has 0 aromatic heterocycles. The van der Waals surface area contributed by atoms with E-state index in [0.717, 1.165) is 31.4 Å². The first-order chi connectivity index (χ1) is 14.3. The molecule has 1 aliphatic carbocycles. The van der Waals surface area contributed by atoms with Crippen molar-refractivity contribution in [2.75, 3.05) is 0 Å². The van der Waals surface area contributed by atoms with E-state index in [4.69, 9.17) is 4.55 Å². The van der Waals surface area contributed by atoms with Gasteiger partial charge in [0.15, 0.2) is 0 Å². The fourth-order valence-corrected chi connectivity index (χ4v) is 4.56. The Morgan fingerprint density at radius 2 is 1.23 bits per heavy atom. The van der Waals surface area contributed by atoms with Crippen LogP contribution in [0.25, 0.3) is 0 Å². The number of rotatable bonds is 18. The molecule has 0 spiro atoms. The van der Waals surface area contributed by atoms with Crippen molar-refractivity contribution in [1.82, 2.24) is 0 Å². The van der Waals surface area contributed by atoms with E-state index in [1.807, 2.05) is 0 Å². The van der Waals surface area contributed by atoms with Crippen LogP contribution in [0.3, 0.4) is 0 Å². The average molecular weight is 485 g/mol. The van der Waals surface area contributed by atoms with Crippen molar-refractivity contribution in [3.8, 4) is 0 Å². The minimum Gasteiger partial charge on any atom is -1.00 e. The maximum atomic E-state index is 11.3. The molecule has 0 amide bonds. The number of unbranched alkanes of at least 4 members (excludes halogenated alkanes) is 15. The summed E-state index contributed by atoms with van der Waals surface area (Å²) in [5.74, 6) is 0. The molecule has 5 nitrogen and oxygen atoms in total. The predicted molar refractivity (Wildman–Crippen MR) is 125 cm³/mol. The normalized spacial score (nSPS) is 21.0. The van der Waals surface area contributed by atoms with Gasteiger partial charge in [-0.15, -0.1) is 0 Å². The summed E-state index contributed by atoms with van der Waals surface area (Å²) in [6.07, 6.45) is 23.3. The number of aliphatic hydroxyl groups is 2. The minimum absolute atomic E-state index is 0. The molecule has 0 heterocycles. The smallest absolute Gasteiger partial charge is 1.00 e.